The van der Waals surface area contributed by atoms with Gasteiger partial charge in [0.25, 0.3) is 6.43 Å². The van der Waals surface area contributed by atoms with Crippen LogP contribution >= 0.6 is 0 Å². The summed E-state index contributed by atoms with van der Waals surface area (Å²) >= 11 is 0. The Hall–Kier alpha value is -1.69. The fourth-order valence-electron chi connectivity index (χ4n) is 2.10. The highest BCUT2D eigenvalue weighted by Gasteiger charge is 2.21. The Balaban J connectivity index is 2.86. The summed E-state index contributed by atoms with van der Waals surface area (Å²) in [4.78, 5) is 13.4. The van der Waals surface area contributed by atoms with Gasteiger partial charge in [0.15, 0.2) is 0 Å². The van der Waals surface area contributed by atoms with E-state index in [4.69, 9.17) is 4.74 Å². The van der Waals surface area contributed by atoms with Crippen LogP contribution in [0.4, 0.5) is 19.3 Å². The van der Waals surface area contributed by atoms with Crippen LogP contribution in [-0.2, 0) is 11.3 Å². The molecule has 2 amide bonds. The van der Waals surface area contributed by atoms with E-state index in [-0.39, 0.29) is 12.1 Å². The van der Waals surface area contributed by atoms with Gasteiger partial charge < -0.3 is 15.0 Å². The normalized spacial score (nSPS) is 11.4. The Morgan fingerprint density at radius 1 is 1.26 bits per heavy atom. The zero-order valence-electron chi connectivity index (χ0n) is 14.4. The summed E-state index contributed by atoms with van der Waals surface area (Å²) in [7, 11) is 0. The minimum absolute atomic E-state index is 0.107. The van der Waals surface area contributed by atoms with Gasteiger partial charge in [-0.3, -0.25) is 0 Å². The number of ether oxygens (including phenoxy) is 1. The summed E-state index contributed by atoms with van der Waals surface area (Å²) in [5, 5.41) is 2.72. The molecule has 1 rings (SSSR count). The molecule has 0 bridgehead atoms. The van der Waals surface area contributed by atoms with E-state index in [1.165, 1.54) is 0 Å². The molecule has 4 nitrogen and oxygen atoms in total. The Morgan fingerprint density at radius 2 is 1.91 bits per heavy atom. The maximum Gasteiger partial charge on any atom is 0.322 e. The van der Waals surface area contributed by atoms with Gasteiger partial charge in [-0.25, -0.2) is 13.6 Å². The van der Waals surface area contributed by atoms with E-state index in [2.05, 4.69) is 5.32 Å². The fourth-order valence-corrected chi connectivity index (χ4v) is 2.10. The molecule has 0 fully saturated rings. The van der Waals surface area contributed by atoms with Crippen molar-refractivity contribution in [1.82, 2.24) is 4.90 Å². The molecule has 0 heterocycles. The second kappa shape index (κ2) is 8.82. The van der Waals surface area contributed by atoms with Gasteiger partial charge >= 0.3 is 6.03 Å². The van der Waals surface area contributed by atoms with Gasteiger partial charge in [-0.1, -0.05) is 12.1 Å². The number of halogens is 2. The Labute approximate surface area is 136 Å². The molecule has 1 aromatic rings. The van der Waals surface area contributed by atoms with E-state index in [0.717, 1.165) is 16.0 Å². The molecule has 0 aromatic heterocycles. The van der Waals surface area contributed by atoms with Crippen molar-refractivity contribution >= 4 is 11.7 Å². The van der Waals surface area contributed by atoms with Gasteiger partial charge in [-0.15, -0.1) is 0 Å². The number of benzene rings is 1. The third-order valence-electron chi connectivity index (χ3n) is 3.48. The van der Waals surface area contributed by atoms with Crippen molar-refractivity contribution in [2.75, 3.05) is 11.9 Å². The number of nitrogens with one attached hydrogen (secondary N) is 1. The van der Waals surface area contributed by atoms with Crippen LogP contribution in [0.3, 0.4) is 0 Å². The summed E-state index contributed by atoms with van der Waals surface area (Å²) in [5.41, 5.74) is 2.45. The van der Waals surface area contributed by atoms with Crippen molar-refractivity contribution in [3.8, 4) is 0 Å². The number of carbonyl (C=O) groups excluding carboxylic acids is 1. The average Bonchev–Trinajstić information content (AvgIpc) is 2.44. The Bertz CT molecular complexity index is 519. The lowest BCUT2D eigenvalue weighted by atomic mass is 10.1. The molecule has 0 radical (unpaired) electrons. The SMILES string of the molecule is Cc1c(COC(C)C)cccc1NC(=O)N(CC(F)F)C(C)C. The van der Waals surface area contributed by atoms with Gasteiger partial charge in [0.2, 0.25) is 0 Å². The topological polar surface area (TPSA) is 41.6 Å². The number of rotatable bonds is 7. The van der Waals surface area contributed by atoms with Gasteiger partial charge in [0.1, 0.15) is 0 Å². The first kappa shape index (κ1) is 19.4. The number of hydrogen-bond acceptors (Lipinski definition) is 2. The zero-order chi connectivity index (χ0) is 17.6. The van der Waals surface area contributed by atoms with Crippen LogP contribution in [-0.4, -0.2) is 36.0 Å². The third-order valence-corrected chi connectivity index (χ3v) is 3.48. The van der Waals surface area contributed by atoms with Gasteiger partial charge in [-0.05, 0) is 51.8 Å². The molecule has 6 heteroatoms. The number of alkyl halides is 2. The highest BCUT2D eigenvalue weighted by Crippen LogP contribution is 2.21. The Morgan fingerprint density at radius 3 is 2.43 bits per heavy atom. The van der Waals surface area contributed by atoms with E-state index in [0.29, 0.717) is 12.3 Å². The highest BCUT2D eigenvalue weighted by atomic mass is 19.3. The van der Waals surface area contributed by atoms with Crippen molar-refractivity contribution in [1.29, 1.82) is 0 Å². The molecule has 0 saturated carbocycles. The maximum atomic E-state index is 12.6. The molecular formula is C17H26F2N2O2. The molecule has 1 aromatic carbocycles. The van der Waals surface area contributed by atoms with Crippen LogP contribution < -0.4 is 5.32 Å². The van der Waals surface area contributed by atoms with Crippen LogP contribution in [0.5, 0.6) is 0 Å². The minimum atomic E-state index is -2.56. The Kier molecular flexibility index (Phi) is 7.42. The van der Waals surface area contributed by atoms with E-state index in [1.807, 2.05) is 32.9 Å². The van der Waals surface area contributed by atoms with Crippen LogP contribution in [0.1, 0.15) is 38.8 Å². The molecule has 0 aliphatic heterocycles. The molecular weight excluding hydrogens is 302 g/mol. The molecule has 0 atom stereocenters. The van der Waals surface area contributed by atoms with E-state index < -0.39 is 19.0 Å². The van der Waals surface area contributed by atoms with Crippen molar-refractivity contribution in [2.24, 2.45) is 0 Å². The molecule has 0 aliphatic carbocycles. The lowest BCUT2D eigenvalue weighted by Gasteiger charge is -2.27. The fraction of sp³-hybridized carbons (Fsp3) is 0.588. The minimum Gasteiger partial charge on any atom is -0.374 e. The molecule has 23 heavy (non-hydrogen) atoms. The van der Waals surface area contributed by atoms with E-state index in [1.54, 1.807) is 19.9 Å². The summed E-state index contributed by atoms with van der Waals surface area (Å²) in [6.45, 7) is 9.05. The monoisotopic (exact) mass is 328 g/mol. The van der Waals surface area contributed by atoms with Crippen LogP contribution in [0, 0.1) is 6.92 Å². The quantitative estimate of drug-likeness (QED) is 0.804. The zero-order valence-corrected chi connectivity index (χ0v) is 14.4. The predicted molar refractivity (Wildman–Crippen MR) is 88.0 cm³/mol. The second-order valence-electron chi connectivity index (χ2n) is 6.02. The second-order valence-corrected chi connectivity index (χ2v) is 6.02. The van der Waals surface area contributed by atoms with Gasteiger partial charge in [0, 0.05) is 11.7 Å². The third kappa shape index (κ3) is 6.14. The summed E-state index contributed by atoms with van der Waals surface area (Å²) in [5.74, 6) is 0. The lowest BCUT2D eigenvalue weighted by molar-refractivity contribution is 0.0654. The molecule has 1 N–H and O–H groups in total. The van der Waals surface area contributed by atoms with Crippen molar-refractivity contribution in [3.05, 3.63) is 29.3 Å². The van der Waals surface area contributed by atoms with Crippen LogP contribution in [0.2, 0.25) is 0 Å². The van der Waals surface area contributed by atoms with Crippen LogP contribution in [0.25, 0.3) is 0 Å². The maximum absolute atomic E-state index is 12.6. The number of anilines is 1. The summed E-state index contributed by atoms with van der Waals surface area (Å²) in [6.07, 6.45) is -2.45. The average molecular weight is 328 g/mol. The van der Waals surface area contributed by atoms with Crippen molar-refractivity contribution < 1.29 is 18.3 Å². The number of urea groups is 1. The molecule has 130 valence electrons. The van der Waals surface area contributed by atoms with Gasteiger partial charge in [-0.2, -0.15) is 0 Å². The molecule has 0 unspecified atom stereocenters. The summed E-state index contributed by atoms with van der Waals surface area (Å²) in [6, 6.07) is 4.66. The van der Waals surface area contributed by atoms with E-state index >= 15 is 0 Å². The standard InChI is InChI=1S/C17H26F2N2O2/c1-11(2)21(9-16(18)19)17(22)20-15-8-6-7-14(13(15)5)10-23-12(3)4/h6-8,11-12,16H,9-10H2,1-5H3,(H,20,22). The molecule has 0 aliphatic rings. The number of carbonyl (C=O) groups is 1. The molecule has 0 spiro atoms. The smallest absolute Gasteiger partial charge is 0.322 e. The number of amides is 2. The predicted octanol–water partition coefficient (Wildman–Crippen LogP) is 4.43. The van der Waals surface area contributed by atoms with Crippen LogP contribution in [0.15, 0.2) is 18.2 Å². The van der Waals surface area contributed by atoms with Gasteiger partial charge in [0.05, 0.1) is 19.3 Å². The van der Waals surface area contributed by atoms with E-state index in [9.17, 15) is 13.6 Å². The number of nitrogens with zero attached hydrogens (tertiary/aromatic N) is 1. The first-order valence-electron chi connectivity index (χ1n) is 7.78. The first-order valence-corrected chi connectivity index (χ1v) is 7.78. The summed E-state index contributed by atoms with van der Waals surface area (Å²) < 4.78 is 30.8. The van der Waals surface area contributed by atoms with Crippen molar-refractivity contribution in [2.45, 2.75) is 59.8 Å². The first-order chi connectivity index (χ1) is 10.7. The largest absolute Gasteiger partial charge is 0.374 e. The molecule has 0 saturated heterocycles. The van der Waals surface area contributed by atoms with Crippen molar-refractivity contribution in [3.63, 3.8) is 0 Å². The highest BCUT2D eigenvalue weighted by molar-refractivity contribution is 5.90. The number of hydrogen-bond donors (Lipinski definition) is 1. The lowest BCUT2D eigenvalue weighted by Crippen LogP contribution is -2.43.